The Morgan fingerprint density at radius 1 is 1.53 bits per heavy atom. The van der Waals surface area contributed by atoms with Crippen molar-refractivity contribution in [3.63, 3.8) is 0 Å². The molecule has 3 N–H and O–H groups in total. The Balaban J connectivity index is 2.33. The lowest BCUT2D eigenvalue weighted by Crippen LogP contribution is -2.40. The van der Waals surface area contributed by atoms with Crippen LogP contribution in [0.4, 0.5) is 0 Å². The molecule has 1 saturated carbocycles. The number of amides is 1. The molecule has 1 rings (SSSR count). The molecule has 0 aliphatic heterocycles. The van der Waals surface area contributed by atoms with Crippen molar-refractivity contribution in [3.05, 3.63) is 0 Å². The van der Waals surface area contributed by atoms with Crippen molar-refractivity contribution in [2.75, 3.05) is 6.54 Å². The molecule has 1 fully saturated rings. The number of nitrogens with one attached hydrogen (secondary N) is 1. The molecule has 0 heterocycles. The highest BCUT2D eigenvalue weighted by Crippen LogP contribution is 2.24. The molecule has 3 unspecified atom stereocenters. The smallest absolute Gasteiger partial charge is 0.224 e. The predicted molar refractivity (Wildman–Crippen MR) is 62.4 cm³/mol. The van der Waals surface area contributed by atoms with Gasteiger partial charge in [0, 0.05) is 12.6 Å². The van der Waals surface area contributed by atoms with Gasteiger partial charge >= 0.3 is 0 Å². The fraction of sp³-hybridized carbons (Fsp3) is 0.917. The summed E-state index contributed by atoms with van der Waals surface area (Å²) in [4.78, 5) is 11.8. The zero-order chi connectivity index (χ0) is 11.3. The average Bonchev–Trinajstić information content (AvgIpc) is 2.60. The van der Waals surface area contributed by atoms with Crippen LogP contribution < -0.4 is 11.1 Å². The highest BCUT2D eigenvalue weighted by molar-refractivity contribution is 5.79. The van der Waals surface area contributed by atoms with E-state index in [0.717, 1.165) is 31.6 Å². The van der Waals surface area contributed by atoms with Crippen LogP contribution in [-0.2, 0) is 4.79 Å². The van der Waals surface area contributed by atoms with Crippen molar-refractivity contribution in [2.24, 2.45) is 17.6 Å². The third-order valence-electron chi connectivity index (χ3n) is 3.33. The lowest BCUT2D eigenvalue weighted by atomic mass is 10.0. The topological polar surface area (TPSA) is 55.1 Å². The van der Waals surface area contributed by atoms with Gasteiger partial charge in [-0.1, -0.05) is 20.3 Å². The normalized spacial score (nSPS) is 27.7. The highest BCUT2D eigenvalue weighted by atomic mass is 16.1. The summed E-state index contributed by atoms with van der Waals surface area (Å²) < 4.78 is 0. The quantitative estimate of drug-likeness (QED) is 0.728. The Morgan fingerprint density at radius 3 is 2.73 bits per heavy atom. The Kier molecular flexibility index (Phi) is 5.09. The van der Waals surface area contributed by atoms with Crippen LogP contribution in [-0.4, -0.2) is 18.5 Å². The van der Waals surface area contributed by atoms with E-state index in [0.29, 0.717) is 12.6 Å². The number of carbonyl (C=O) groups is 1. The van der Waals surface area contributed by atoms with Crippen molar-refractivity contribution in [3.8, 4) is 0 Å². The summed E-state index contributed by atoms with van der Waals surface area (Å²) in [5.41, 5.74) is 5.60. The summed E-state index contributed by atoms with van der Waals surface area (Å²) in [6.45, 7) is 4.81. The number of rotatable bonds is 5. The van der Waals surface area contributed by atoms with Gasteiger partial charge in [0.05, 0.1) is 5.92 Å². The van der Waals surface area contributed by atoms with E-state index in [2.05, 4.69) is 19.2 Å². The zero-order valence-corrected chi connectivity index (χ0v) is 9.96. The second-order valence-corrected chi connectivity index (χ2v) is 4.85. The molecule has 3 nitrogen and oxygen atoms in total. The van der Waals surface area contributed by atoms with E-state index in [1.165, 1.54) is 6.42 Å². The van der Waals surface area contributed by atoms with Crippen LogP contribution in [0, 0.1) is 11.8 Å². The van der Waals surface area contributed by atoms with E-state index in [-0.39, 0.29) is 11.8 Å². The van der Waals surface area contributed by atoms with Crippen LogP contribution >= 0.6 is 0 Å². The maximum absolute atomic E-state index is 11.8. The second-order valence-electron chi connectivity index (χ2n) is 4.85. The maximum atomic E-state index is 11.8. The lowest BCUT2D eigenvalue weighted by molar-refractivity contribution is -0.125. The first-order valence-electron chi connectivity index (χ1n) is 6.17. The monoisotopic (exact) mass is 212 g/mol. The van der Waals surface area contributed by atoms with E-state index < -0.39 is 0 Å². The van der Waals surface area contributed by atoms with Gasteiger partial charge in [0.15, 0.2) is 0 Å². The summed E-state index contributed by atoms with van der Waals surface area (Å²) >= 11 is 0. The first-order chi connectivity index (χ1) is 7.17. The van der Waals surface area contributed by atoms with Gasteiger partial charge in [0.1, 0.15) is 0 Å². The molecule has 1 aliphatic rings. The molecule has 0 radical (unpaired) electrons. The molecule has 15 heavy (non-hydrogen) atoms. The number of hydrogen-bond donors (Lipinski definition) is 2. The average molecular weight is 212 g/mol. The number of hydrogen-bond acceptors (Lipinski definition) is 2. The summed E-state index contributed by atoms with van der Waals surface area (Å²) in [5, 5.41) is 3.13. The Hall–Kier alpha value is -0.570. The summed E-state index contributed by atoms with van der Waals surface area (Å²) in [6, 6.07) is 0.401. The molecule has 88 valence electrons. The van der Waals surface area contributed by atoms with Gasteiger partial charge in [-0.15, -0.1) is 0 Å². The fourth-order valence-electron chi connectivity index (χ4n) is 2.36. The Bertz CT molecular complexity index is 206. The number of nitrogens with two attached hydrogens (primary N) is 1. The molecule has 1 amide bonds. The molecular formula is C12H24N2O. The standard InChI is InChI=1S/C12H24N2O/c1-3-4-10(8-13)12(15)14-11-6-5-9(2)7-11/h9-11H,3-8,13H2,1-2H3,(H,14,15). The van der Waals surface area contributed by atoms with E-state index in [1.807, 2.05) is 0 Å². The largest absolute Gasteiger partial charge is 0.353 e. The Labute approximate surface area is 92.8 Å². The van der Waals surface area contributed by atoms with Crippen molar-refractivity contribution in [1.29, 1.82) is 0 Å². The van der Waals surface area contributed by atoms with Crippen molar-refractivity contribution in [2.45, 2.75) is 52.0 Å². The van der Waals surface area contributed by atoms with Crippen LogP contribution in [0.25, 0.3) is 0 Å². The van der Waals surface area contributed by atoms with E-state index in [9.17, 15) is 4.79 Å². The summed E-state index contributed by atoms with van der Waals surface area (Å²) in [6.07, 6.45) is 5.44. The third-order valence-corrected chi connectivity index (χ3v) is 3.33. The molecule has 0 aromatic carbocycles. The third kappa shape index (κ3) is 3.82. The van der Waals surface area contributed by atoms with Gasteiger partial charge in [-0.3, -0.25) is 4.79 Å². The van der Waals surface area contributed by atoms with Crippen LogP contribution in [0.15, 0.2) is 0 Å². The van der Waals surface area contributed by atoms with Gasteiger partial charge in [0.25, 0.3) is 0 Å². The van der Waals surface area contributed by atoms with Gasteiger partial charge in [-0.05, 0) is 31.6 Å². The summed E-state index contributed by atoms with van der Waals surface area (Å²) in [5.74, 6) is 0.946. The SMILES string of the molecule is CCCC(CN)C(=O)NC1CCC(C)C1. The number of carbonyl (C=O) groups excluding carboxylic acids is 1. The van der Waals surface area contributed by atoms with Gasteiger partial charge in [-0.25, -0.2) is 0 Å². The molecule has 0 spiro atoms. The van der Waals surface area contributed by atoms with E-state index >= 15 is 0 Å². The predicted octanol–water partition coefficient (Wildman–Crippen LogP) is 1.67. The lowest BCUT2D eigenvalue weighted by Gasteiger charge is -2.18. The van der Waals surface area contributed by atoms with E-state index in [4.69, 9.17) is 5.73 Å². The van der Waals surface area contributed by atoms with Crippen molar-refractivity contribution >= 4 is 5.91 Å². The molecule has 0 aromatic heterocycles. The maximum Gasteiger partial charge on any atom is 0.224 e. The van der Waals surface area contributed by atoms with E-state index in [1.54, 1.807) is 0 Å². The van der Waals surface area contributed by atoms with Crippen LogP contribution in [0.1, 0.15) is 46.0 Å². The molecule has 0 saturated heterocycles. The molecule has 0 bridgehead atoms. The van der Waals surface area contributed by atoms with Crippen LogP contribution in [0.5, 0.6) is 0 Å². The molecule has 1 aliphatic carbocycles. The van der Waals surface area contributed by atoms with Crippen molar-refractivity contribution in [1.82, 2.24) is 5.32 Å². The van der Waals surface area contributed by atoms with Crippen LogP contribution in [0.3, 0.4) is 0 Å². The fourth-order valence-corrected chi connectivity index (χ4v) is 2.36. The minimum absolute atomic E-state index is 0.0194. The molecule has 3 heteroatoms. The highest BCUT2D eigenvalue weighted by Gasteiger charge is 2.25. The first kappa shape index (κ1) is 12.5. The second kappa shape index (κ2) is 6.11. The zero-order valence-electron chi connectivity index (χ0n) is 9.96. The summed E-state index contributed by atoms with van der Waals surface area (Å²) in [7, 11) is 0. The molecular weight excluding hydrogens is 188 g/mol. The molecule has 0 aromatic rings. The first-order valence-corrected chi connectivity index (χ1v) is 6.17. The van der Waals surface area contributed by atoms with Crippen molar-refractivity contribution < 1.29 is 4.79 Å². The van der Waals surface area contributed by atoms with Crippen LogP contribution in [0.2, 0.25) is 0 Å². The van der Waals surface area contributed by atoms with Gasteiger partial charge in [-0.2, -0.15) is 0 Å². The van der Waals surface area contributed by atoms with Gasteiger partial charge in [0.2, 0.25) is 5.91 Å². The minimum Gasteiger partial charge on any atom is -0.353 e. The molecule has 3 atom stereocenters. The minimum atomic E-state index is 0.0194. The van der Waals surface area contributed by atoms with Gasteiger partial charge < -0.3 is 11.1 Å². The Morgan fingerprint density at radius 2 is 2.27 bits per heavy atom.